The lowest BCUT2D eigenvalue weighted by atomic mass is 9.76. The van der Waals surface area contributed by atoms with Crippen molar-refractivity contribution >= 4 is 5.97 Å². The molecule has 1 aliphatic carbocycles. The number of likely N-dealkylation sites (tertiary alicyclic amines) is 1. The zero-order valence-corrected chi connectivity index (χ0v) is 12.2. The molecule has 1 aliphatic heterocycles. The van der Waals surface area contributed by atoms with Gasteiger partial charge in [0.15, 0.2) is 0 Å². The normalized spacial score (nSPS) is 34.3. The molecule has 0 amide bonds. The van der Waals surface area contributed by atoms with Crippen LogP contribution in [0.5, 0.6) is 0 Å². The fourth-order valence-corrected chi connectivity index (χ4v) is 3.74. The third-order valence-electron chi connectivity index (χ3n) is 5.10. The number of ether oxygens (including phenoxy) is 1. The Balaban J connectivity index is 1.99. The molecule has 3 atom stereocenters. The molecule has 1 saturated heterocycles. The van der Waals surface area contributed by atoms with Crippen LogP contribution in [0.2, 0.25) is 0 Å². The molecule has 4 nitrogen and oxygen atoms in total. The van der Waals surface area contributed by atoms with Crippen LogP contribution in [0.25, 0.3) is 0 Å². The van der Waals surface area contributed by atoms with Crippen molar-refractivity contribution in [2.24, 2.45) is 11.8 Å². The number of carboxylic acids is 1. The molecule has 1 N–H and O–H groups in total. The van der Waals surface area contributed by atoms with E-state index in [9.17, 15) is 9.90 Å². The van der Waals surface area contributed by atoms with Gasteiger partial charge in [-0.25, -0.2) is 0 Å². The number of piperidine rings is 1. The average molecular weight is 269 g/mol. The maximum Gasteiger partial charge on any atom is 0.308 e. The van der Waals surface area contributed by atoms with E-state index in [-0.39, 0.29) is 12.0 Å². The Bertz CT molecular complexity index is 300. The smallest absolute Gasteiger partial charge is 0.308 e. The Labute approximate surface area is 116 Å². The van der Waals surface area contributed by atoms with E-state index in [1.807, 2.05) is 0 Å². The summed E-state index contributed by atoms with van der Waals surface area (Å²) in [6, 6.07) is 0.244. The van der Waals surface area contributed by atoms with Gasteiger partial charge in [0.25, 0.3) is 0 Å². The first-order valence-electron chi connectivity index (χ1n) is 7.65. The quantitative estimate of drug-likeness (QED) is 0.851. The zero-order valence-electron chi connectivity index (χ0n) is 12.2. The molecule has 1 saturated carbocycles. The van der Waals surface area contributed by atoms with Crippen LogP contribution in [-0.4, -0.2) is 48.3 Å². The van der Waals surface area contributed by atoms with Crippen molar-refractivity contribution in [1.29, 1.82) is 0 Å². The van der Waals surface area contributed by atoms with E-state index in [1.54, 1.807) is 7.11 Å². The number of carbonyl (C=O) groups is 1. The molecule has 2 rings (SSSR count). The fourth-order valence-electron chi connectivity index (χ4n) is 3.74. The van der Waals surface area contributed by atoms with Crippen molar-refractivity contribution in [2.75, 3.05) is 20.2 Å². The van der Waals surface area contributed by atoms with E-state index in [1.165, 1.54) is 6.42 Å². The van der Waals surface area contributed by atoms with Crippen LogP contribution in [0.4, 0.5) is 0 Å². The van der Waals surface area contributed by atoms with Gasteiger partial charge in [-0.3, -0.25) is 9.69 Å². The minimum absolute atomic E-state index is 0.165. The summed E-state index contributed by atoms with van der Waals surface area (Å²) in [5, 5.41) is 9.45. The van der Waals surface area contributed by atoms with E-state index >= 15 is 0 Å². The van der Waals surface area contributed by atoms with E-state index < -0.39 is 5.97 Å². The van der Waals surface area contributed by atoms with Crippen molar-refractivity contribution in [3.8, 4) is 0 Å². The SMILES string of the molecule is CCC1CCC(C(=O)O)C(N2CCC(OC)CC2)C1. The van der Waals surface area contributed by atoms with Gasteiger partial charge < -0.3 is 9.84 Å². The second kappa shape index (κ2) is 6.71. The van der Waals surface area contributed by atoms with E-state index in [0.29, 0.717) is 12.0 Å². The highest BCUT2D eigenvalue weighted by molar-refractivity contribution is 5.71. The summed E-state index contributed by atoms with van der Waals surface area (Å²) < 4.78 is 5.40. The number of rotatable bonds is 4. The minimum Gasteiger partial charge on any atom is -0.481 e. The first-order valence-corrected chi connectivity index (χ1v) is 7.65. The first kappa shape index (κ1) is 14.8. The summed E-state index contributed by atoms with van der Waals surface area (Å²) in [5.74, 6) is -0.0592. The molecule has 2 fully saturated rings. The van der Waals surface area contributed by atoms with Crippen LogP contribution in [0.3, 0.4) is 0 Å². The van der Waals surface area contributed by atoms with Crippen molar-refractivity contribution < 1.29 is 14.6 Å². The average Bonchev–Trinajstić information content (AvgIpc) is 2.46. The Morgan fingerprint density at radius 2 is 1.95 bits per heavy atom. The van der Waals surface area contributed by atoms with Crippen molar-refractivity contribution in [3.63, 3.8) is 0 Å². The summed E-state index contributed by atoms with van der Waals surface area (Å²) in [6.07, 6.45) is 6.61. The van der Waals surface area contributed by atoms with E-state index in [2.05, 4.69) is 11.8 Å². The van der Waals surface area contributed by atoms with Crippen molar-refractivity contribution in [3.05, 3.63) is 0 Å². The highest BCUT2D eigenvalue weighted by Gasteiger charge is 2.38. The van der Waals surface area contributed by atoms with Crippen LogP contribution in [0.15, 0.2) is 0 Å². The fraction of sp³-hybridized carbons (Fsp3) is 0.933. The summed E-state index contributed by atoms with van der Waals surface area (Å²) in [7, 11) is 1.77. The molecule has 1 heterocycles. The molecule has 0 aromatic heterocycles. The number of aliphatic carboxylic acids is 1. The predicted molar refractivity (Wildman–Crippen MR) is 74.1 cm³/mol. The summed E-state index contributed by atoms with van der Waals surface area (Å²) >= 11 is 0. The molecule has 0 aromatic carbocycles. The maximum absolute atomic E-state index is 11.5. The monoisotopic (exact) mass is 269 g/mol. The standard InChI is InChI=1S/C15H27NO3/c1-3-11-4-5-13(15(17)18)14(10-11)16-8-6-12(19-2)7-9-16/h11-14H,3-10H2,1-2H3,(H,17,18). The molecule has 4 heteroatoms. The molecule has 0 bridgehead atoms. The van der Waals surface area contributed by atoms with Crippen LogP contribution in [-0.2, 0) is 9.53 Å². The van der Waals surface area contributed by atoms with Crippen LogP contribution in [0.1, 0.15) is 45.4 Å². The number of carboxylic acid groups (broad SMARTS) is 1. The van der Waals surface area contributed by atoms with Gasteiger partial charge in [0, 0.05) is 26.2 Å². The molecular formula is C15H27NO3. The summed E-state index contributed by atoms with van der Waals surface area (Å²) in [5.41, 5.74) is 0. The van der Waals surface area contributed by atoms with E-state index in [4.69, 9.17) is 4.74 Å². The molecule has 0 radical (unpaired) electrons. The summed E-state index contributed by atoms with van der Waals surface area (Å²) in [6.45, 7) is 4.20. The third kappa shape index (κ3) is 3.48. The number of hydrogen-bond donors (Lipinski definition) is 1. The van der Waals surface area contributed by atoms with Crippen LogP contribution in [0, 0.1) is 11.8 Å². The molecule has 19 heavy (non-hydrogen) atoms. The topological polar surface area (TPSA) is 49.8 Å². The highest BCUT2D eigenvalue weighted by atomic mass is 16.5. The van der Waals surface area contributed by atoms with Crippen LogP contribution < -0.4 is 0 Å². The molecular weight excluding hydrogens is 242 g/mol. The number of methoxy groups -OCH3 is 1. The Morgan fingerprint density at radius 1 is 1.26 bits per heavy atom. The lowest BCUT2D eigenvalue weighted by Gasteiger charge is -2.43. The molecule has 3 unspecified atom stereocenters. The zero-order chi connectivity index (χ0) is 13.8. The van der Waals surface area contributed by atoms with Gasteiger partial charge in [-0.15, -0.1) is 0 Å². The molecule has 2 aliphatic rings. The van der Waals surface area contributed by atoms with Crippen molar-refractivity contribution in [2.45, 2.75) is 57.6 Å². The minimum atomic E-state index is -0.603. The third-order valence-corrected chi connectivity index (χ3v) is 5.10. The van der Waals surface area contributed by atoms with E-state index in [0.717, 1.165) is 45.2 Å². The van der Waals surface area contributed by atoms with Gasteiger partial charge in [-0.2, -0.15) is 0 Å². The van der Waals surface area contributed by atoms with Crippen molar-refractivity contribution in [1.82, 2.24) is 4.90 Å². The molecule has 0 spiro atoms. The summed E-state index contributed by atoms with van der Waals surface area (Å²) in [4.78, 5) is 13.9. The van der Waals surface area contributed by atoms with Gasteiger partial charge in [0.2, 0.25) is 0 Å². The maximum atomic E-state index is 11.5. The first-order chi connectivity index (χ1) is 9.15. The Hall–Kier alpha value is -0.610. The lowest BCUT2D eigenvalue weighted by molar-refractivity contribution is -0.146. The Kier molecular flexibility index (Phi) is 5.22. The second-order valence-electron chi connectivity index (χ2n) is 6.07. The lowest BCUT2D eigenvalue weighted by Crippen LogP contribution is -2.50. The largest absolute Gasteiger partial charge is 0.481 e. The van der Waals surface area contributed by atoms with Crippen LogP contribution >= 0.6 is 0 Å². The van der Waals surface area contributed by atoms with Gasteiger partial charge in [0.1, 0.15) is 0 Å². The van der Waals surface area contributed by atoms with Gasteiger partial charge in [0.05, 0.1) is 12.0 Å². The van der Waals surface area contributed by atoms with Gasteiger partial charge in [-0.1, -0.05) is 13.3 Å². The van der Waals surface area contributed by atoms with Gasteiger partial charge in [-0.05, 0) is 38.0 Å². The number of hydrogen-bond acceptors (Lipinski definition) is 3. The molecule has 110 valence electrons. The van der Waals surface area contributed by atoms with Gasteiger partial charge >= 0.3 is 5.97 Å². The Morgan fingerprint density at radius 3 is 2.47 bits per heavy atom. The number of nitrogens with zero attached hydrogens (tertiary/aromatic N) is 1. The predicted octanol–water partition coefficient (Wildman–Crippen LogP) is 2.38. The molecule has 0 aromatic rings. The highest BCUT2D eigenvalue weighted by Crippen LogP contribution is 2.35. The second-order valence-corrected chi connectivity index (χ2v) is 6.07.